The van der Waals surface area contributed by atoms with Crippen LogP contribution in [-0.2, 0) is 0 Å². The molecule has 1 aliphatic heterocycles. The van der Waals surface area contributed by atoms with Crippen molar-refractivity contribution in [1.29, 1.82) is 5.26 Å². The van der Waals surface area contributed by atoms with Crippen molar-refractivity contribution in [2.45, 2.75) is 77.8 Å². The van der Waals surface area contributed by atoms with Gasteiger partial charge in [0.05, 0.1) is 6.07 Å². The third-order valence-corrected chi connectivity index (χ3v) is 4.42. The van der Waals surface area contributed by atoms with Crippen LogP contribution >= 0.6 is 0 Å². The molecule has 0 aliphatic carbocycles. The third kappa shape index (κ3) is 6.24. The molecule has 1 aliphatic rings. The van der Waals surface area contributed by atoms with Crippen LogP contribution in [0.4, 0.5) is 0 Å². The van der Waals surface area contributed by atoms with Crippen molar-refractivity contribution in [2.24, 2.45) is 5.92 Å². The van der Waals surface area contributed by atoms with Gasteiger partial charge in [-0.05, 0) is 65.5 Å². The van der Waals surface area contributed by atoms with E-state index in [2.05, 4.69) is 37.1 Å². The van der Waals surface area contributed by atoms with E-state index in [9.17, 15) is 5.26 Å². The maximum absolute atomic E-state index is 9.40. The van der Waals surface area contributed by atoms with Crippen molar-refractivity contribution in [3.8, 4) is 6.07 Å². The first-order chi connectivity index (χ1) is 9.49. The summed E-state index contributed by atoms with van der Waals surface area (Å²) < 4.78 is 0. The molecule has 1 fully saturated rings. The van der Waals surface area contributed by atoms with E-state index in [0.29, 0.717) is 6.04 Å². The van der Waals surface area contributed by atoms with Crippen LogP contribution in [0.5, 0.6) is 0 Å². The molecule has 0 radical (unpaired) electrons. The molecule has 2 atom stereocenters. The second-order valence-corrected chi connectivity index (χ2v) is 6.92. The van der Waals surface area contributed by atoms with E-state index in [0.717, 1.165) is 18.9 Å². The largest absolute Gasteiger partial charge is 0.303 e. The molecule has 0 spiro atoms. The molecule has 1 N–H and O–H groups in total. The van der Waals surface area contributed by atoms with E-state index < -0.39 is 0 Å². The standard InChI is InChI=1S/C17H33N3/c1-5-7-16-8-6-11-20(12-9-16)13-10-17(4,14-18)19-15(2)3/h15-16,19H,5-13H2,1-4H3. The van der Waals surface area contributed by atoms with Crippen LogP contribution in [-0.4, -0.2) is 36.1 Å². The van der Waals surface area contributed by atoms with Gasteiger partial charge in [-0.15, -0.1) is 0 Å². The highest BCUT2D eigenvalue weighted by Crippen LogP contribution is 2.22. The zero-order valence-corrected chi connectivity index (χ0v) is 13.9. The van der Waals surface area contributed by atoms with E-state index in [-0.39, 0.29) is 5.54 Å². The topological polar surface area (TPSA) is 39.1 Å². The molecule has 0 bridgehead atoms. The fraction of sp³-hybridized carbons (Fsp3) is 0.941. The lowest BCUT2D eigenvalue weighted by molar-refractivity contribution is 0.244. The fourth-order valence-electron chi connectivity index (χ4n) is 3.32. The van der Waals surface area contributed by atoms with Gasteiger partial charge < -0.3 is 4.90 Å². The molecule has 2 unspecified atom stereocenters. The summed E-state index contributed by atoms with van der Waals surface area (Å²) in [6.45, 7) is 12.0. The molecule has 1 rings (SSSR count). The average molecular weight is 279 g/mol. The summed E-state index contributed by atoms with van der Waals surface area (Å²) in [7, 11) is 0. The van der Waals surface area contributed by atoms with Crippen LogP contribution < -0.4 is 5.32 Å². The highest BCUT2D eigenvalue weighted by atomic mass is 15.1. The second kappa shape index (κ2) is 8.64. The molecule has 0 aromatic rings. The summed E-state index contributed by atoms with van der Waals surface area (Å²) in [6, 6.07) is 2.82. The number of nitriles is 1. The van der Waals surface area contributed by atoms with Crippen molar-refractivity contribution in [3.05, 3.63) is 0 Å². The summed E-state index contributed by atoms with van der Waals surface area (Å²) in [6.07, 6.45) is 7.68. The van der Waals surface area contributed by atoms with E-state index in [1.807, 2.05) is 6.92 Å². The molecule has 0 amide bonds. The Kier molecular flexibility index (Phi) is 7.55. The molecule has 20 heavy (non-hydrogen) atoms. The molecule has 0 aromatic heterocycles. The molecule has 0 saturated carbocycles. The van der Waals surface area contributed by atoms with Crippen LogP contribution in [0.1, 0.15) is 66.2 Å². The Morgan fingerprint density at radius 2 is 2.10 bits per heavy atom. The molecule has 3 nitrogen and oxygen atoms in total. The first kappa shape index (κ1) is 17.5. The molecule has 3 heteroatoms. The lowest BCUT2D eigenvalue weighted by Gasteiger charge is -2.29. The van der Waals surface area contributed by atoms with Gasteiger partial charge in [0, 0.05) is 12.6 Å². The van der Waals surface area contributed by atoms with Gasteiger partial charge in [-0.2, -0.15) is 5.26 Å². The maximum Gasteiger partial charge on any atom is 0.105 e. The van der Waals surface area contributed by atoms with Crippen molar-refractivity contribution < 1.29 is 0 Å². The minimum atomic E-state index is -0.386. The summed E-state index contributed by atoms with van der Waals surface area (Å²) in [5.74, 6) is 0.932. The van der Waals surface area contributed by atoms with E-state index in [1.165, 1.54) is 45.2 Å². The van der Waals surface area contributed by atoms with E-state index >= 15 is 0 Å². The summed E-state index contributed by atoms with van der Waals surface area (Å²) in [5, 5.41) is 12.8. The lowest BCUT2D eigenvalue weighted by atomic mass is 9.96. The minimum Gasteiger partial charge on any atom is -0.303 e. The second-order valence-electron chi connectivity index (χ2n) is 6.92. The monoisotopic (exact) mass is 279 g/mol. The number of rotatable bonds is 7. The van der Waals surface area contributed by atoms with Gasteiger partial charge in [0.2, 0.25) is 0 Å². The number of nitrogens with one attached hydrogen (secondary N) is 1. The van der Waals surface area contributed by atoms with Gasteiger partial charge in [-0.3, -0.25) is 5.32 Å². The summed E-state index contributed by atoms with van der Waals surface area (Å²) >= 11 is 0. The fourth-order valence-corrected chi connectivity index (χ4v) is 3.32. The highest BCUT2D eigenvalue weighted by molar-refractivity contribution is 5.04. The first-order valence-electron chi connectivity index (χ1n) is 8.40. The SMILES string of the molecule is CCCC1CCCN(CCC(C)(C#N)NC(C)C)CC1. The van der Waals surface area contributed by atoms with Crippen molar-refractivity contribution in [3.63, 3.8) is 0 Å². The van der Waals surface area contributed by atoms with Crippen molar-refractivity contribution in [1.82, 2.24) is 10.2 Å². The Hall–Kier alpha value is -0.590. The maximum atomic E-state index is 9.40. The average Bonchev–Trinajstić information content (AvgIpc) is 2.62. The highest BCUT2D eigenvalue weighted by Gasteiger charge is 2.25. The molecule has 0 aromatic carbocycles. The van der Waals surface area contributed by atoms with E-state index in [4.69, 9.17) is 0 Å². The Balaban J connectivity index is 2.39. The van der Waals surface area contributed by atoms with Gasteiger partial charge in [0.25, 0.3) is 0 Å². The Labute approximate surface area is 125 Å². The van der Waals surface area contributed by atoms with Crippen molar-refractivity contribution >= 4 is 0 Å². The smallest absolute Gasteiger partial charge is 0.105 e. The van der Waals surface area contributed by atoms with Gasteiger partial charge in [0.1, 0.15) is 5.54 Å². The zero-order chi connectivity index (χ0) is 15.0. The molecule has 1 saturated heterocycles. The van der Waals surface area contributed by atoms with Crippen LogP contribution in [0.25, 0.3) is 0 Å². The normalized spacial score (nSPS) is 24.1. The van der Waals surface area contributed by atoms with Crippen LogP contribution in [0.2, 0.25) is 0 Å². The predicted octanol–water partition coefficient (Wildman–Crippen LogP) is 3.56. The lowest BCUT2D eigenvalue weighted by Crippen LogP contribution is -2.47. The number of hydrogen-bond acceptors (Lipinski definition) is 3. The Morgan fingerprint density at radius 1 is 1.35 bits per heavy atom. The molecular weight excluding hydrogens is 246 g/mol. The van der Waals surface area contributed by atoms with Crippen molar-refractivity contribution in [2.75, 3.05) is 19.6 Å². The molecular formula is C17H33N3. The van der Waals surface area contributed by atoms with Crippen LogP contribution in [0.15, 0.2) is 0 Å². The van der Waals surface area contributed by atoms with Gasteiger partial charge in [0.15, 0.2) is 0 Å². The van der Waals surface area contributed by atoms with E-state index in [1.54, 1.807) is 0 Å². The van der Waals surface area contributed by atoms with Crippen LogP contribution in [0, 0.1) is 17.2 Å². The third-order valence-electron chi connectivity index (χ3n) is 4.42. The summed E-state index contributed by atoms with van der Waals surface area (Å²) in [5.41, 5.74) is -0.386. The van der Waals surface area contributed by atoms with Gasteiger partial charge in [-0.25, -0.2) is 0 Å². The molecule has 116 valence electrons. The zero-order valence-electron chi connectivity index (χ0n) is 13.9. The number of hydrogen-bond donors (Lipinski definition) is 1. The predicted molar refractivity (Wildman–Crippen MR) is 85.6 cm³/mol. The Morgan fingerprint density at radius 3 is 2.70 bits per heavy atom. The number of likely N-dealkylation sites (tertiary alicyclic amines) is 1. The quantitative estimate of drug-likeness (QED) is 0.774. The Bertz CT molecular complexity index is 308. The summed E-state index contributed by atoms with van der Waals surface area (Å²) in [4.78, 5) is 2.56. The number of nitrogens with zero attached hydrogens (tertiary/aromatic N) is 2. The van der Waals surface area contributed by atoms with Gasteiger partial charge in [-0.1, -0.05) is 19.8 Å². The first-order valence-corrected chi connectivity index (χ1v) is 8.40. The molecule has 1 heterocycles. The minimum absolute atomic E-state index is 0.359. The van der Waals surface area contributed by atoms with Gasteiger partial charge >= 0.3 is 0 Å². The van der Waals surface area contributed by atoms with Crippen LogP contribution in [0.3, 0.4) is 0 Å².